The van der Waals surface area contributed by atoms with E-state index in [2.05, 4.69) is 4.74 Å². The number of sulfonamides is 1. The molecule has 0 aliphatic heterocycles. The summed E-state index contributed by atoms with van der Waals surface area (Å²) >= 11 is 0. The second-order valence-electron chi connectivity index (χ2n) is 4.78. The van der Waals surface area contributed by atoms with Gasteiger partial charge < -0.3 is 14.9 Å². The predicted octanol–water partition coefficient (Wildman–Crippen LogP) is 0.742. The Bertz CT molecular complexity index is 654. The second kappa shape index (κ2) is 6.72. The maximum absolute atomic E-state index is 12.0. The highest BCUT2D eigenvalue weighted by Gasteiger charge is 2.32. The molecule has 7 nitrogen and oxygen atoms in total. The van der Waals surface area contributed by atoms with E-state index in [1.54, 1.807) is 0 Å². The van der Waals surface area contributed by atoms with Gasteiger partial charge >= 0.3 is 12.1 Å². The number of carbonyl (C=O) groups is 1. The minimum absolute atomic E-state index is 0.182. The molecular formula is C12H14F3NO6S. The van der Waals surface area contributed by atoms with Crippen molar-refractivity contribution in [3.8, 4) is 5.75 Å². The number of ether oxygens (including phenoxy) is 1. The number of benzene rings is 1. The Labute approximate surface area is 129 Å². The van der Waals surface area contributed by atoms with Crippen LogP contribution in [0.2, 0.25) is 0 Å². The van der Waals surface area contributed by atoms with Crippen LogP contribution in [-0.4, -0.2) is 49.5 Å². The molecule has 1 atom stereocenters. The quantitative estimate of drug-likeness (QED) is 0.663. The molecule has 0 saturated carbocycles. The fourth-order valence-corrected chi connectivity index (χ4v) is 2.41. The molecule has 1 aromatic carbocycles. The number of aliphatic carboxylic acids is 1. The number of carboxylic acid groups (broad SMARTS) is 1. The van der Waals surface area contributed by atoms with Gasteiger partial charge in [0.05, 0.1) is 11.4 Å². The summed E-state index contributed by atoms with van der Waals surface area (Å²) in [5, 5.41) is 18.1. The first-order valence-electron chi connectivity index (χ1n) is 6.08. The van der Waals surface area contributed by atoms with Crippen LogP contribution < -0.4 is 9.46 Å². The predicted molar refractivity (Wildman–Crippen MR) is 71.4 cm³/mol. The van der Waals surface area contributed by atoms with Gasteiger partial charge in [-0.15, -0.1) is 0 Å². The lowest BCUT2D eigenvalue weighted by atomic mass is 10.1. The fourth-order valence-electron chi connectivity index (χ4n) is 1.27. The molecule has 0 fully saturated rings. The van der Waals surface area contributed by atoms with Crippen LogP contribution in [0.4, 0.5) is 13.2 Å². The van der Waals surface area contributed by atoms with Gasteiger partial charge in [-0.3, -0.25) is 0 Å². The van der Waals surface area contributed by atoms with E-state index < -0.39 is 40.9 Å². The van der Waals surface area contributed by atoms with Gasteiger partial charge in [0.15, 0.2) is 12.2 Å². The number of halogens is 3. The third kappa shape index (κ3) is 6.04. The highest BCUT2D eigenvalue weighted by molar-refractivity contribution is 7.89. The van der Waals surface area contributed by atoms with Gasteiger partial charge in [-0.25, -0.2) is 17.9 Å². The Morgan fingerprint density at radius 2 is 1.78 bits per heavy atom. The SMILES string of the molecule is CC(O)(CNS(=O)(=O)c1ccc(OCC(F)(F)F)cc1)C(=O)O. The Hall–Kier alpha value is -1.85. The van der Waals surface area contributed by atoms with Gasteiger partial charge in [0, 0.05) is 0 Å². The summed E-state index contributed by atoms with van der Waals surface area (Å²) in [6.45, 7) is -1.39. The lowest BCUT2D eigenvalue weighted by Crippen LogP contribution is -2.46. The van der Waals surface area contributed by atoms with E-state index >= 15 is 0 Å². The molecule has 11 heteroatoms. The van der Waals surface area contributed by atoms with E-state index in [1.807, 2.05) is 4.72 Å². The molecule has 130 valence electrons. The number of hydrogen-bond donors (Lipinski definition) is 3. The van der Waals surface area contributed by atoms with Crippen LogP contribution in [0.3, 0.4) is 0 Å². The summed E-state index contributed by atoms with van der Waals surface area (Å²) in [6, 6.07) is 4.03. The van der Waals surface area contributed by atoms with Gasteiger partial charge in [0.2, 0.25) is 10.0 Å². The molecule has 1 rings (SSSR count). The van der Waals surface area contributed by atoms with Crippen molar-refractivity contribution in [2.45, 2.75) is 23.6 Å². The molecule has 3 N–H and O–H groups in total. The minimum Gasteiger partial charge on any atom is -0.484 e. The van der Waals surface area contributed by atoms with Gasteiger partial charge in [-0.05, 0) is 31.2 Å². The van der Waals surface area contributed by atoms with Crippen molar-refractivity contribution in [3.05, 3.63) is 24.3 Å². The molecule has 0 aliphatic rings. The van der Waals surface area contributed by atoms with Crippen LogP contribution >= 0.6 is 0 Å². The van der Waals surface area contributed by atoms with Crippen molar-refractivity contribution in [1.29, 1.82) is 0 Å². The Balaban J connectivity index is 2.76. The molecule has 23 heavy (non-hydrogen) atoms. The average molecular weight is 357 g/mol. The van der Waals surface area contributed by atoms with Gasteiger partial charge in [0.25, 0.3) is 0 Å². The molecule has 0 amide bonds. The van der Waals surface area contributed by atoms with E-state index in [0.29, 0.717) is 0 Å². The third-order valence-electron chi connectivity index (χ3n) is 2.60. The Morgan fingerprint density at radius 1 is 1.26 bits per heavy atom. The molecule has 0 radical (unpaired) electrons. The molecular weight excluding hydrogens is 343 g/mol. The van der Waals surface area contributed by atoms with E-state index in [9.17, 15) is 31.5 Å². The van der Waals surface area contributed by atoms with Gasteiger partial charge in [-0.2, -0.15) is 13.2 Å². The summed E-state index contributed by atoms with van der Waals surface area (Å²) in [4.78, 5) is 10.4. The number of hydrogen-bond acceptors (Lipinski definition) is 5. The van der Waals surface area contributed by atoms with E-state index in [4.69, 9.17) is 5.11 Å². The standard InChI is InChI=1S/C12H14F3NO6S/c1-11(19,10(17)18)6-16-23(20,21)9-4-2-8(3-5-9)22-7-12(13,14)15/h2-5,16,19H,6-7H2,1H3,(H,17,18). The molecule has 0 spiro atoms. The van der Waals surface area contributed by atoms with Crippen LogP contribution in [0, 0.1) is 0 Å². The van der Waals surface area contributed by atoms with E-state index in [1.165, 1.54) is 0 Å². The van der Waals surface area contributed by atoms with Crippen molar-refractivity contribution < 1.29 is 41.3 Å². The van der Waals surface area contributed by atoms with Crippen molar-refractivity contribution in [3.63, 3.8) is 0 Å². The third-order valence-corrected chi connectivity index (χ3v) is 4.02. The molecule has 1 unspecified atom stereocenters. The molecule has 0 heterocycles. The molecule has 0 aromatic heterocycles. The molecule has 1 aromatic rings. The summed E-state index contributed by atoms with van der Waals surface area (Å²) in [7, 11) is -4.14. The summed E-state index contributed by atoms with van der Waals surface area (Å²) in [5.41, 5.74) is -2.30. The first-order chi connectivity index (χ1) is 10.3. The van der Waals surface area contributed by atoms with Gasteiger partial charge in [0.1, 0.15) is 5.75 Å². The lowest BCUT2D eigenvalue weighted by molar-refractivity contribution is -0.155. The molecule has 0 saturated heterocycles. The minimum atomic E-state index is -4.52. The first kappa shape index (κ1) is 19.2. The zero-order valence-electron chi connectivity index (χ0n) is 11.8. The normalized spacial score (nSPS) is 15.0. The van der Waals surface area contributed by atoms with E-state index in [-0.39, 0.29) is 10.6 Å². The second-order valence-corrected chi connectivity index (χ2v) is 6.55. The number of rotatable bonds is 7. The van der Waals surface area contributed by atoms with Gasteiger partial charge in [-0.1, -0.05) is 0 Å². The van der Waals surface area contributed by atoms with Crippen molar-refractivity contribution in [2.24, 2.45) is 0 Å². The summed E-state index contributed by atoms with van der Waals surface area (Å²) in [6.07, 6.45) is -4.52. The molecule has 0 aliphatic carbocycles. The molecule has 0 bridgehead atoms. The zero-order chi connectivity index (χ0) is 17.9. The lowest BCUT2D eigenvalue weighted by Gasteiger charge is -2.18. The number of carboxylic acids is 1. The van der Waals surface area contributed by atoms with Crippen molar-refractivity contribution in [1.82, 2.24) is 4.72 Å². The van der Waals surface area contributed by atoms with Crippen molar-refractivity contribution >= 4 is 16.0 Å². The average Bonchev–Trinajstić information content (AvgIpc) is 2.43. The zero-order valence-corrected chi connectivity index (χ0v) is 12.6. The smallest absolute Gasteiger partial charge is 0.422 e. The number of aliphatic hydroxyl groups is 1. The Morgan fingerprint density at radius 3 is 2.22 bits per heavy atom. The highest BCUT2D eigenvalue weighted by atomic mass is 32.2. The highest BCUT2D eigenvalue weighted by Crippen LogP contribution is 2.20. The maximum Gasteiger partial charge on any atom is 0.422 e. The van der Waals surface area contributed by atoms with E-state index in [0.717, 1.165) is 31.2 Å². The van der Waals surface area contributed by atoms with Crippen LogP contribution in [-0.2, 0) is 14.8 Å². The van der Waals surface area contributed by atoms with Crippen LogP contribution in [0.15, 0.2) is 29.2 Å². The van der Waals surface area contributed by atoms with Crippen molar-refractivity contribution in [2.75, 3.05) is 13.2 Å². The fraction of sp³-hybridized carbons (Fsp3) is 0.417. The number of alkyl halides is 3. The number of nitrogens with one attached hydrogen (secondary N) is 1. The summed E-state index contributed by atoms with van der Waals surface area (Å²) in [5.74, 6) is -1.80. The maximum atomic E-state index is 12.0. The Kier molecular flexibility index (Phi) is 5.61. The topological polar surface area (TPSA) is 113 Å². The van der Waals surface area contributed by atoms with Crippen LogP contribution in [0.5, 0.6) is 5.75 Å². The monoisotopic (exact) mass is 357 g/mol. The van der Waals surface area contributed by atoms with Crippen LogP contribution in [0.1, 0.15) is 6.92 Å². The largest absolute Gasteiger partial charge is 0.484 e. The summed E-state index contributed by atoms with van der Waals surface area (Å²) < 4.78 is 66.1. The van der Waals surface area contributed by atoms with Crippen LogP contribution in [0.25, 0.3) is 0 Å². The first-order valence-corrected chi connectivity index (χ1v) is 7.57.